The standard InChI is InChI=1S/C21H19F3N2O4/c1-12(11-27)26-20(28)15-7-14-8-17(29-2)9-18(19(14)25-10-15)13-3-5-16(6-4-13)30-21(22,23)24/h3-10,12,27H,11H2,1-2H3,(H,26,28)/t12-/m1/s1. The second-order valence-corrected chi connectivity index (χ2v) is 6.60. The average molecular weight is 420 g/mol. The summed E-state index contributed by atoms with van der Waals surface area (Å²) < 4.78 is 46.4. The van der Waals surface area contributed by atoms with Gasteiger partial charge in [0.15, 0.2) is 0 Å². The molecule has 2 aromatic carbocycles. The van der Waals surface area contributed by atoms with Crippen LogP contribution in [0.2, 0.25) is 0 Å². The first kappa shape index (κ1) is 21.4. The lowest BCUT2D eigenvalue weighted by atomic mass is 10.0. The predicted octanol–water partition coefficient (Wildman–Crippen LogP) is 3.92. The van der Waals surface area contributed by atoms with Crippen LogP contribution < -0.4 is 14.8 Å². The first-order valence-electron chi connectivity index (χ1n) is 8.96. The van der Waals surface area contributed by atoms with E-state index >= 15 is 0 Å². The number of halogens is 3. The molecule has 30 heavy (non-hydrogen) atoms. The fraction of sp³-hybridized carbons (Fsp3) is 0.238. The molecule has 1 heterocycles. The number of amides is 1. The molecule has 1 aromatic heterocycles. The number of rotatable bonds is 6. The minimum Gasteiger partial charge on any atom is -0.497 e. The number of benzene rings is 2. The van der Waals surface area contributed by atoms with Crippen LogP contribution in [-0.2, 0) is 0 Å². The Morgan fingerprint density at radius 2 is 1.87 bits per heavy atom. The van der Waals surface area contributed by atoms with Crippen LogP contribution in [0, 0.1) is 0 Å². The molecular weight excluding hydrogens is 401 g/mol. The van der Waals surface area contributed by atoms with Crippen molar-refractivity contribution < 1.29 is 32.5 Å². The van der Waals surface area contributed by atoms with Crippen LogP contribution >= 0.6 is 0 Å². The second-order valence-electron chi connectivity index (χ2n) is 6.60. The molecule has 9 heteroatoms. The zero-order valence-electron chi connectivity index (χ0n) is 16.2. The van der Waals surface area contributed by atoms with Gasteiger partial charge in [-0.1, -0.05) is 12.1 Å². The summed E-state index contributed by atoms with van der Waals surface area (Å²) in [5, 5.41) is 12.4. The number of fused-ring (bicyclic) bond motifs is 1. The van der Waals surface area contributed by atoms with Crippen molar-refractivity contribution >= 4 is 16.8 Å². The van der Waals surface area contributed by atoms with Crippen LogP contribution in [0.4, 0.5) is 13.2 Å². The second kappa shape index (κ2) is 8.58. The Bertz CT molecular complexity index is 1050. The molecular formula is C21H19F3N2O4. The summed E-state index contributed by atoms with van der Waals surface area (Å²) in [5.74, 6) is -0.219. The summed E-state index contributed by atoms with van der Waals surface area (Å²) in [6, 6.07) is 10.0. The Kier molecular flexibility index (Phi) is 6.12. The maximum atomic E-state index is 12.4. The number of methoxy groups -OCH3 is 1. The van der Waals surface area contributed by atoms with Gasteiger partial charge >= 0.3 is 6.36 Å². The van der Waals surface area contributed by atoms with Gasteiger partial charge in [0, 0.05) is 23.2 Å². The maximum Gasteiger partial charge on any atom is 0.573 e. The lowest BCUT2D eigenvalue weighted by Crippen LogP contribution is -2.35. The van der Waals surface area contributed by atoms with Crippen LogP contribution in [0.25, 0.3) is 22.0 Å². The minimum atomic E-state index is -4.77. The Labute approximate surface area is 170 Å². The molecule has 1 atom stereocenters. The van der Waals surface area contributed by atoms with E-state index in [4.69, 9.17) is 9.84 Å². The molecule has 1 amide bonds. The highest BCUT2D eigenvalue weighted by Crippen LogP contribution is 2.34. The Hall–Kier alpha value is -3.33. The predicted molar refractivity (Wildman–Crippen MR) is 104 cm³/mol. The molecule has 0 saturated heterocycles. The van der Waals surface area contributed by atoms with Crippen molar-refractivity contribution in [2.75, 3.05) is 13.7 Å². The third kappa shape index (κ3) is 4.98. The van der Waals surface area contributed by atoms with E-state index in [0.717, 1.165) is 0 Å². The van der Waals surface area contributed by atoms with Gasteiger partial charge in [0.2, 0.25) is 0 Å². The number of hydrogen-bond acceptors (Lipinski definition) is 5. The summed E-state index contributed by atoms with van der Waals surface area (Å²) in [6.07, 6.45) is -3.37. The van der Waals surface area contributed by atoms with Crippen molar-refractivity contribution in [1.29, 1.82) is 0 Å². The van der Waals surface area contributed by atoms with Crippen molar-refractivity contribution in [2.24, 2.45) is 0 Å². The molecule has 0 bridgehead atoms. The third-order valence-corrected chi connectivity index (χ3v) is 4.30. The number of nitrogens with one attached hydrogen (secondary N) is 1. The monoisotopic (exact) mass is 420 g/mol. The molecule has 0 aliphatic heterocycles. The van der Waals surface area contributed by atoms with E-state index in [1.807, 2.05) is 0 Å². The van der Waals surface area contributed by atoms with E-state index in [9.17, 15) is 18.0 Å². The van der Waals surface area contributed by atoms with E-state index in [2.05, 4.69) is 15.0 Å². The Balaban J connectivity index is 2.01. The largest absolute Gasteiger partial charge is 0.573 e. The highest BCUT2D eigenvalue weighted by Gasteiger charge is 2.31. The lowest BCUT2D eigenvalue weighted by Gasteiger charge is -2.13. The number of alkyl halides is 3. The van der Waals surface area contributed by atoms with Gasteiger partial charge in [-0.25, -0.2) is 0 Å². The van der Waals surface area contributed by atoms with Crippen LogP contribution in [0.5, 0.6) is 11.5 Å². The quantitative estimate of drug-likeness (QED) is 0.632. The summed E-state index contributed by atoms with van der Waals surface area (Å²) >= 11 is 0. The molecule has 0 unspecified atom stereocenters. The number of pyridine rings is 1. The van der Waals surface area contributed by atoms with Gasteiger partial charge in [0.25, 0.3) is 5.91 Å². The average Bonchev–Trinajstić information content (AvgIpc) is 2.71. The van der Waals surface area contributed by atoms with Gasteiger partial charge < -0.3 is 19.9 Å². The fourth-order valence-corrected chi connectivity index (χ4v) is 2.87. The number of carbonyl (C=O) groups excluding carboxylic acids is 1. The van der Waals surface area contributed by atoms with E-state index in [0.29, 0.717) is 33.3 Å². The van der Waals surface area contributed by atoms with E-state index < -0.39 is 12.4 Å². The normalized spacial score (nSPS) is 12.5. The fourth-order valence-electron chi connectivity index (χ4n) is 2.87. The van der Waals surface area contributed by atoms with Crippen molar-refractivity contribution in [2.45, 2.75) is 19.3 Å². The first-order valence-corrected chi connectivity index (χ1v) is 8.96. The highest BCUT2D eigenvalue weighted by molar-refractivity contribution is 6.01. The smallest absolute Gasteiger partial charge is 0.497 e. The zero-order valence-corrected chi connectivity index (χ0v) is 16.2. The minimum absolute atomic E-state index is 0.196. The number of carbonyl (C=O) groups is 1. The summed E-state index contributed by atoms with van der Waals surface area (Å²) in [7, 11) is 1.48. The lowest BCUT2D eigenvalue weighted by molar-refractivity contribution is -0.274. The van der Waals surface area contributed by atoms with Crippen molar-refractivity contribution in [1.82, 2.24) is 10.3 Å². The molecule has 0 aliphatic rings. The molecule has 6 nitrogen and oxygen atoms in total. The third-order valence-electron chi connectivity index (χ3n) is 4.30. The van der Waals surface area contributed by atoms with Crippen molar-refractivity contribution in [3.8, 4) is 22.6 Å². The molecule has 3 rings (SSSR count). The first-order chi connectivity index (χ1) is 14.2. The Morgan fingerprint density at radius 3 is 2.47 bits per heavy atom. The number of hydrogen-bond donors (Lipinski definition) is 2. The molecule has 0 radical (unpaired) electrons. The molecule has 0 fully saturated rings. The van der Waals surface area contributed by atoms with Gasteiger partial charge in [0.1, 0.15) is 11.5 Å². The number of aliphatic hydroxyl groups excluding tert-OH is 1. The van der Waals surface area contributed by atoms with E-state index in [-0.39, 0.29) is 18.3 Å². The number of aromatic nitrogens is 1. The summed E-state index contributed by atoms with van der Waals surface area (Å²) in [5.41, 5.74) is 2.08. The highest BCUT2D eigenvalue weighted by atomic mass is 19.4. The number of ether oxygens (including phenoxy) is 2. The topological polar surface area (TPSA) is 80.7 Å². The van der Waals surface area contributed by atoms with Gasteiger partial charge in [-0.05, 0) is 42.8 Å². The molecule has 0 aliphatic carbocycles. The van der Waals surface area contributed by atoms with Crippen LogP contribution in [0.1, 0.15) is 17.3 Å². The zero-order chi connectivity index (χ0) is 21.9. The van der Waals surface area contributed by atoms with Crippen LogP contribution in [0.3, 0.4) is 0 Å². The molecule has 0 spiro atoms. The Morgan fingerprint density at radius 1 is 1.17 bits per heavy atom. The van der Waals surface area contributed by atoms with Gasteiger partial charge in [-0.3, -0.25) is 9.78 Å². The molecule has 3 aromatic rings. The van der Waals surface area contributed by atoms with Gasteiger partial charge in [-0.15, -0.1) is 13.2 Å². The van der Waals surface area contributed by atoms with Gasteiger partial charge in [0.05, 0.1) is 24.8 Å². The van der Waals surface area contributed by atoms with Crippen molar-refractivity contribution in [3.63, 3.8) is 0 Å². The van der Waals surface area contributed by atoms with Crippen LogP contribution in [0.15, 0.2) is 48.7 Å². The summed E-state index contributed by atoms with van der Waals surface area (Å²) in [6.45, 7) is 1.47. The molecule has 0 saturated carbocycles. The number of aliphatic hydroxyl groups is 1. The number of nitrogens with zero attached hydrogens (tertiary/aromatic N) is 1. The van der Waals surface area contributed by atoms with Crippen LogP contribution in [-0.4, -0.2) is 42.1 Å². The molecule has 158 valence electrons. The van der Waals surface area contributed by atoms with Gasteiger partial charge in [-0.2, -0.15) is 0 Å². The summed E-state index contributed by atoms with van der Waals surface area (Å²) in [4.78, 5) is 16.7. The maximum absolute atomic E-state index is 12.4. The van der Waals surface area contributed by atoms with Crippen molar-refractivity contribution in [3.05, 3.63) is 54.2 Å². The van der Waals surface area contributed by atoms with E-state index in [1.54, 1.807) is 25.1 Å². The van der Waals surface area contributed by atoms with E-state index in [1.165, 1.54) is 37.6 Å². The molecule has 2 N–H and O–H groups in total. The SMILES string of the molecule is COc1cc(-c2ccc(OC(F)(F)F)cc2)c2ncc(C(=O)N[C@H](C)CO)cc2c1.